The predicted molar refractivity (Wildman–Crippen MR) is 89.3 cm³/mol. The molecule has 1 aliphatic rings. The number of rotatable bonds is 4. The van der Waals surface area contributed by atoms with Crippen LogP contribution in [0.25, 0.3) is 0 Å². The molecule has 1 N–H and O–H groups in total. The number of nitrogens with zero attached hydrogens (tertiary/aromatic N) is 3. The van der Waals surface area contributed by atoms with Gasteiger partial charge in [0.25, 0.3) is 5.91 Å². The molecule has 24 heavy (non-hydrogen) atoms. The molecule has 8 heteroatoms. The van der Waals surface area contributed by atoms with Crippen molar-refractivity contribution in [1.29, 1.82) is 0 Å². The van der Waals surface area contributed by atoms with Crippen molar-refractivity contribution in [1.82, 2.24) is 20.4 Å². The highest BCUT2D eigenvalue weighted by molar-refractivity contribution is 7.99. The SMILES string of the molecule is Cc1noc(C(C)NC(=O)C2CSCN2C(=O)c2ccccc2)n1. The topological polar surface area (TPSA) is 88.3 Å². The minimum Gasteiger partial charge on any atom is -0.343 e. The first-order valence-electron chi connectivity index (χ1n) is 7.60. The molecule has 0 spiro atoms. The van der Waals surface area contributed by atoms with Crippen molar-refractivity contribution in [3.05, 3.63) is 47.6 Å². The summed E-state index contributed by atoms with van der Waals surface area (Å²) in [6.45, 7) is 3.49. The van der Waals surface area contributed by atoms with Gasteiger partial charge in [0, 0.05) is 11.3 Å². The molecule has 2 unspecified atom stereocenters. The summed E-state index contributed by atoms with van der Waals surface area (Å²) < 4.78 is 5.07. The predicted octanol–water partition coefficient (Wildman–Crippen LogP) is 1.77. The minimum atomic E-state index is -0.505. The summed E-state index contributed by atoms with van der Waals surface area (Å²) in [6, 6.07) is 8.08. The maximum Gasteiger partial charge on any atom is 0.255 e. The molecule has 0 radical (unpaired) electrons. The molecule has 0 aliphatic carbocycles. The van der Waals surface area contributed by atoms with Gasteiger partial charge in [-0.2, -0.15) is 4.98 Å². The van der Waals surface area contributed by atoms with Crippen molar-refractivity contribution >= 4 is 23.6 Å². The van der Waals surface area contributed by atoms with Gasteiger partial charge in [-0.15, -0.1) is 11.8 Å². The van der Waals surface area contributed by atoms with Crippen molar-refractivity contribution in [3.8, 4) is 0 Å². The second kappa shape index (κ2) is 7.04. The number of carbonyl (C=O) groups is 2. The normalized spacial score (nSPS) is 18.4. The number of thioether (sulfide) groups is 1. The number of hydrogen-bond donors (Lipinski definition) is 1. The van der Waals surface area contributed by atoms with Crippen molar-refractivity contribution in [2.45, 2.75) is 25.9 Å². The summed E-state index contributed by atoms with van der Waals surface area (Å²) in [7, 11) is 0. The fraction of sp³-hybridized carbons (Fsp3) is 0.375. The molecular weight excluding hydrogens is 328 g/mol. The molecule has 0 saturated carbocycles. The number of carbonyl (C=O) groups excluding carboxylic acids is 2. The maximum atomic E-state index is 12.6. The summed E-state index contributed by atoms with van der Waals surface area (Å²) in [5.74, 6) is 1.59. The summed E-state index contributed by atoms with van der Waals surface area (Å²) in [5.41, 5.74) is 0.582. The van der Waals surface area contributed by atoms with Crippen LogP contribution in [0, 0.1) is 6.92 Å². The molecule has 1 aliphatic heterocycles. The van der Waals surface area contributed by atoms with Crippen LogP contribution in [-0.4, -0.2) is 44.5 Å². The van der Waals surface area contributed by atoms with E-state index in [9.17, 15) is 9.59 Å². The Bertz CT molecular complexity index is 734. The molecule has 0 bridgehead atoms. The van der Waals surface area contributed by atoms with Crippen LogP contribution in [0.2, 0.25) is 0 Å². The lowest BCUT2D eigenvalue weighted by Gasteiger charge is -2.24. The number of hydrogen-bond acceptors (Lipinski definition) is 6. The summed E-state index contributed by atoms with van der Waals surface area (Å²) in [6.07, 6.45) is 0. The lowest BCUT2D eigenvalue weighted by atomic mass is 10.1. The molecule has 1 aromatic heterocycles. The monoisotopic (exact) mass is 346 g/mol. The molecule has 3 rings (SSSR count). The average Bonchev–Trinajstić information content (AvgIpc) is 3.24. The van der Waals surface area contributed by atoms with Crippen LogP contribution in [0.5, 0.6) is 0 Å². The summed E-state index contributed by atoms with van der Waals surface area (Å²) in [5, 5.41) is 6.56. The molecule has 1 aromatic carbocycles. The Hall–Kier alpha value is -2.35. The third-order valence-corrected chi connectivity index (χ3v) is 4.75. The average molecular weight is 346 g/mol. The molecule has 1 saturated heterocycles. The summed E-state index contributed by atoms with van der Waals surface area (Å²) >= 11 is 1.56. The van der Waals surface area contributed by atoms with Crippen LogP contribution >= 0.6 is 11.8 Å². The Morgan fingerprint density at radius 2 is 2.12 bits per heavy atom. The Morgan fingerprint density at radius 3 is 2.79 bits per heavy atom. The van der Waals surface area contributed by atoms with Crippen molar-refractivity contribution < 1.29 is 14.1 Å². The van der Waals surface area contributed by atoms with Crippen molar-refractivity contribution in [2.75, 3.05) is 11.6 Å². The smallest absolute Gasteiger partial charge is 0.255 e. The highest BCUT2D eigenvalue weighted by Crippen LogP contribution is 2.24. The number of amides is 2. The molecule has 2 aromatic rings. The van der Waals surface area contributed by atoms with Gasteiger partial charge < -0.3 is 14.7 Å². The first kappa shape index (κ1) is 16.5. The van der Waals surface area contributed by atoms with Crippen molar-refractivity contribution in [3.63, 3.8) is 0 Å². The Labute approximate surface area is 143 Å². The zero-order chi connectivity index (χ0) is 17.1. The Balaban J connectivity index is 1.68. The molecule has 1 fully saturated rings. The van der Waals surface area contributed by atoms with E-state index in [1.165, 1.54) is 0 Å². The van der Waals surface area contributed by atoms with Crippen LogP contribution in [0.3, 0.4) is 0 Å². The van der Waals surface area contributed by atoms with Crippen LogP contribution < -0.4 is 5.32 Å². The zero-order valence-electron chi connectivity index (χ0n) is 13.4. The molecule has 2 atom stereocenters. The first-order valence-corrected chi connectivity index (χ1v) is 8.76. The van der Waals surface area contributed by atoms with E-state index in [1.807, 2.05) is 18.2 Å². The highest BCUT2D eigenvalue weighted by atomic mass is 32.2. The van der Waals surface area contributed by atoms with Gasteiger partial charge >= 0.3 is 0 Å². The molecule has 2 heterocycles. The molecule has 126 valence electrons. The van der Waals surface area contributed by atoms with Gasteiger partial charge in [-0.05, 0) is 26.0 Å². The van der Waals surface area contributed by atoms with E-state index in [4.69, 9.17) is 4.52 Å². The van der Waals surface area contributed by atoms with Crippen LogP contribution in [-0.2, 0) is 4.79 Å². The minimum absolute atomic E-state index is 0.137. The van der Waals surface area contributed by atoms with Crippen LogP contribution in [0.15, 0.2) is 34.9 Å². The maximum absolute atomic E-state index is 12.6. The standard InChI is InChI=1S/C16H18N4O3S/c1-10(15-18-11(2)19-23-15)17-14(21)13-8-24-9-20(13)16(22)12-6-4-3-5-7-12/h3-7,10,13H,8-9H2,1-2H3,(H,17,21). The van der Waals surface area contributed by atoms with Gasteiger partial charge in [0.1, 0.15) is 12.1 Å². The van der Waals surface area contributed by atoms with E-state index in [1.54, 1.807) is 42.6 Å². The third kappa shape index (κ3) is 3.43. The number of nitrogens with one attached hydrogen (secondary N) is 1. The van der Waals surface area contributed by atoms with Crippen LogP contribution in [0.4, 0.5) is 0 Å². The van der Waals surface area contributed by atoms with E-state index in [2.05, 4.69) is 15.5 Å². The van der Waals surface area contributed by atoms with E-state index in [0.29, 0.717) is 28.9 Å². The Morgan fingerprint density at radius 1 is 1.38 bits per heavy atom. The quantitative estimate of drug-likeness (QED) is 0.908. The van der Waals surface area contributed by atoms with E-state index in [0.717, 1.165) is 0 Å². The van der Waals surface area contributed by atoms with Gasteiger partial charge in [-0.25, -0.2) is 0 Å². The molecule has 7 nitrogen and oxygen atoms in total. The van der Waals surface area contributed by atoms with Gasteiger partial charge in [0.15, 0.2) is 5.82 Å². The lowest BCUT2D eigenvalue weighted by molar-refractivity contribution is -0.125. The highest BCUT2D eigenvalue weighted by Gasteiger charge is 2.36. The number of aromatic nitrogens is 2. The second-order valence-corrected chi connectivity index (χ2v) is 6.57. The lowest BCUT2D eigenvalue weighted by Crippen LogP contribution is -2.47. The second-order valence-electron chi connectivity index (χ2n) is 5.57. The fourth-order valence-corrected chi connectivity index (χ4v) is 3.62. The largest absolute Gasteiger partial charge is 0.343 e. The van der Waals surface area contributed by atoms with E-state index in [-0.39, 0.29) is 11.8 Å². The van der Waals surface area contributed by atoms with Gasteiger partial charge in [-0.3, -0.25) is 9.59 Å². The fourth-order valence-electron chi connectivity index (χ4n) is 2.47. The van der Waals surface area contributed by atoms with Gasteiger partial charge in [-0.1, -0.05) is 23.4 Å². The number of aryl methyl sites for hydroxylation is 1. The van der Waals surface area contributed by atoms with Gasteiger partial charge in [0.05, 0.1) is 5.88 Å². The number of benzene rings is 1. The Kier molecular flexibility index (Phi) is 4.84. The first-order chi connectivity index (χ1) is 11.6. The van der Waals surface area contributed by atoms with Gasteiger partial charge in [0.2, 0.25) is 11.8 Å². The van der Waals surface area contributed by atoms with Crippen LogP contribution in [0.1, 0.15) is 35.0 Å². The molecule has 2 amide bonds. The van der Waals surface area contributed by atoms with E-state index < -0.39 is 12.1 Å². The van der Waals surface area contributed by atoms with E-state index >= 15 is 0 Å². The zero-order valence-corrected chi connectivity index (χ0v) is 14.2. The summed E-state index contributed by atoms with van der Waals surface area (Å²) in [4.78, 5) is 30.9. The van der Waals surface area contributed by atoms with Crippen molar-refractivity contribution in [2.24, 2.45) is 0 Å². The third-order valence-electron chi connectivity index (χ3n) is 3.74. The molecular formula is C16H18N4O3S.